The number of urea groups is 1. The molecule has 0 spiro atoms. The van der Waals surface area contributed by atoms with Crippen LogP contribution < -0.4 is 5.32 Å². The van der Waals surface area contributed by atoms with Crippen LogP contribution >= 0.6 is 15.9 Å². The summed E-state index contributed by atoms with van der Waals surface area (Å²) in [5, 5.41) is 11.5. The highest BCUT2D eigenvalue weighted by molar-refractivity contribution is 9.10. The Morgan fingerprint density at radius 1 is 1.44 bits per heavy atom. The number of halogens is 1. The summed E-state index contributed by atoms with van der Waals surface area (Å²) in [5.74, 6) is -1.28. The van der Waals surface area contributed by atoms with E-state index in [0.717, 1.165) is 10.0 Å². The number of anilines is 1. The van der Waals surface area contributed by atoms with Crippen LogP contribution in [0.15, 0.2) is 22.7 Å². The first-order chi connectivity index (χ1) is 8.47. The number of benzene rings is 1. The van der Waals surface area contributed by atoms with E-state index in [4.69, 9.17) is 5.11 Å². The summed E-state index contributed by atoms with van der Waals surface area (Å²) in [6, 6.07) is 5.26. The van der Waals surface area contributed by atoms with Gasteiger partial charge in [0.05, 0.1) is 5.92 Å². The van der Waals surface area contributed by atoms with E-state index >= 15 is 0 Å². The van der Waals surface area contributed by atoms with Crippen LogP contribution in [0.4, 0.5) is 10.5 Å². The Morgan fingerprint density at radius 3 is 2.67 bits per heavy atom. The van der Waals surface area contributed by atoms with Crippen molar-refractivity contribution in [1.29, 1.82) is 0 Å². The minimum Gasteiger partial charge on any atom is -0.481 e. The summed E-state index contributed by atoms with van der Waals surface area (Å²) in [5.41, 5.74) is 1.74. The van der Waals surface area contributed by atoms with E-state index in [1.54, 1.807) is 6.07 Å². The highest BCUT2D eigenvalue weighted by Gasteiger charge is 2.35. The van der Waals surface area contributed by atoms with Crippen molar-refractivity contribution in [2.75, 3.05) is 18.4 Å². The molecule has 5 nitrogen and oxygen atoms in total. The number of hydrogen-bond donors (Lipinski definition) is 2. The van der Waals surface area contributed by atoms with Gasteiger partial charge in [0.1, 0.15) is 0 Å². The van der Waals surface area contributed by atoms with Gasteiger partial charge in [0.15, 0.2) is 0 Å². The lowest BCUT2D eigenvalue weighted by molar-refractivity contribution is -0.145. The SMILES string of the molecule is Cc1cc(NC(=O)N2CC(C(=O)O)C2)ccc1Br. The number of carboxylic acid groups (broad SMARTS) is 1. The highest BCUT2D eigenvalue weighted by Crippen LogP contribution is 2.21. The van der Waals surface area contributed by atoms with Crippen molar-refractivity contribution in [3.8, 4) is 0 Å². The maximum absolute atomic E-state index is 11.8. The molecule has 1 saturated heterocycles. The summed E-state index contributed by atoms with van der Waals surface area (Å²) in [6.07, 6.45) is 0. The van der Waals surface area contributed by atoms with E-state index in [0.29, 0.717) is 5.69 Å². The fraction of sp³-hybridized carbons (Fsp3) is 0.333. The van der Waals surface area contributed by atoms with Crippen LogP contribution in [-0.4, -0.2) is 35.1 Å². The third-order valence-electron chi connectivity index (χ3n) is 2.93. The molecule has 2 N–H and O–H groups in total. The monoisotopic (exact) mass is 312 g/mol. The smallest absolute Gasteiger partial charge is 0.321 e. The van der Waals surface area contributed by atoms with E-state index in [1.165, 1.54) is 4.90 Å². The maximum Gasteiger partial charge on any atom is 0.321 e. The topological polar surface area (TPSA) is 69.6 Å². The molecule has 2 amide bonds. The molecule has 1 fully saturated rings. The van der Waals surface area contributed by atoms with Gasteiger partial charge in [0, 0.05) is 23.2 Å². The number of carbonyl (C=O) groups excluding carboxylic acids is 1. The Labute approximate surface area is 113 Å². The molecule has 0 unspecified atom stereocenters. The molecule has 0 saturated carbocycles. The van der Waals surface area contributed by atoms with Crippen LogP contribution in [0.5, 0.6) is 0 Å². The molecule has 0 aliphatic carbocycles. The van der Waals surface area contributed by atoms with Gasteiger partial charge in [0.25, 0.3) is 0 Å². The molecular formula is C12H13BrN2O3. The lowest BCUT2D eigenvalue weighted by Crippen LogP contribution is -2.54. The maximum atomic E-state index is 11.8. The van der Waals surface area contributed by atoms with Gasteiger partial charge in [-0.15, -0.1) is 0 Å². The van der Waals surface area contributed by atoms with Gasteiger partial charge in [-0.25, -0.2) is 4.79 Å². The Bertz CT molecular complexity index is 498. The number of nitrogens with zero attached hydrogens (tertiary/aromatic N) is 1. The lowest BCUT2D eigenvalue weighted by atomic mass is 10.0. The van der Waals surface area contributed by atoms with Gasteiger partial charge >= 0.3 is 12.0 Å². The second-order valence-electron chi connectivity index (χ2n) is 4.33. The quantitative estimate of drug-likeness (QED) is 0.880. The van der Waals surface area contributed by atoms with E-state index in [1.807, 2.05) is 19.1 Å². The van der Waals surface area contributed by atoms with E-state index in [9.17, 15) is 9.59 Å². The van der Waals surface area contributed by atoms with Crippen molar-refractivity contribution in [2.24, 2.45) is 5.92 Å². The molecule has 0 radical (unpaired) electrons. The molecule has 1 aliphatic heterocycles. The predicted octanol–water partition coefficient (Wildman–Crippen LogP) is 2.31. The largest absolute Gasteiger partial charge is 0.481 e. The predicted molar refractivity (Wildman–Crippen MR) is 70.6 cm³/mol. The summed E-state index contributed by atoms with van der Waals surface area (Å²) in [7, 11) is 0. The van der Waals surface area contributed by atoms with Gasteiger partial charge < -0.3 is 15.3 Å². The van der Waals surface area contributed by atoms with Gasteiger partial charge in [0.2, 0.25) is 0 Å². The minimum absolute atomic E-state index is 0.255. The van der Waals surface area contributed by atoms with Crippen LogP contribution in [0.2, 0.25) is 0 Å². The number of aliphatic carboxylic acids is 1. The first kappa shape index (κ1) is 12.9. The molecule has 0 atom stereocenters. The average Bonchev–Trinajstić information content (AvgIpc) is 2.20. The Hall–Kier alpha value is -1.56. The zero-order valence-corrected chi connectivity index (χ0v) is 11.4. The second-order valence-corrected chi connectivity index (χ2v) is 5.19. The third-order valence-corrected chi connectivity index (χ3v) is 3.82. The normalized spacial score (nSPS) is 15.1. The van der Waals surface area contributed by atoms with Gasteiger partial charge in [-0.05, 0) is 30.7 Å². The standard InChI is InChI=1S/C12H13BrN2O3/c1-7-4-9(2-3-10(7)13)14-12(18)15-5-8(6-15)11(16)17/h2-4,8H,5-6H2,1H3,(H,14,18)(H,16,17). The molecule has 1 heterocycles. The molecule has 0 aromatic heterocycles. The zero-order valence-electron chi connectivity index (χ0n) is 9.81. The number of rotatable bonds is 2. The average molecular weight is 313 g/mol. The lowest BCUT2D eigenvalue weighted by Gasteiger charge is -2.36. The molecule has 2 rings (SSSR count). The number of amides is 2. The van der Waals surface area contributed by atoms with Crippen LogP contribution in [-0.2, 0) is 4.79 Å². The fourth-order valence-corrected chi connectivity index (χ4v) is 1.97. The Kier molecular flexibility index (Phi) is 3.56. The van der Waals surface area contributed by atoms with Crippen molar-refractivity contribution in [3.05, 3.63) is 28.2 Å². The summed E-state index contributed by atoms with van der Waals surface area (Å²) in [4.78, 5) is 23.9. The van der Waals surface area contributed by atoms with Crippen LogP contribution in [0.3, 0.4) is 0 Å². The first-order valence-electron chi connectivity index (χ1n) is 5.52. The van der Waals surface area contributed by atoms with Crippen molar-refractivity contribution in [1.82, 2.24) is 4.90 Å². The zero-order chi connectivity index (χ0) is 13.3. The summed E-state index contributed by atoms with van der Waals surface area (Å²) < 4.78 is 0.982. The molecule has 1 aromatic carbocycles. The fourth-order valence-electron chi connectivity index (χ4n) is 1.73. The van der Waals surface area contributed by atoms with Gasteiger partial charge in [-0.2, -0.15) is 0 Å². The second kappa shape index (κ2) is 4.97. The number of carbonyl (C=O) groups is 2. The molecule has 6 heteroatoms. The van der Waals surface area contributed by atoms with Gasteiger partial charge in [-0.1, -0.05) is 15.9 Å². The van der Waals surface area contributed by atoms with Gasteiger partial charge in [-0.3, -0.25) is 4.79 Å². The van der Waals surface area contributed by atoms with Crippen molar-refractivity contribution in [3.63, 3.8) is 0 Å². The van der Waals surface area contributed by atoms with E-state index in [2.05, 4.69) is 21.2 Å². The Balaban J connectivity index is 1.92. The first-order valence-corrected chi connectivity index (χ1v) is 6.31. The minimum atomic E-state index is -0.849. The van der Waals surface area contributed by atoms with Crippen LogP contribution in [0.25, 0.3) is 0 Å². The Morgan fingerprint density at radius 2 is 2.11 bits per heavy atom. The molecule has 96 valence electrons. The number of carboxylic acids is 1. The number of nitrogens with one attached hydrogen (secondary N) is 1. The highest BCUT2D eigenvalue weighted by atomic mass is 79.9. The molecule has 18 heavy (non-hydrogen) atoms. The van der Waals surface area contributed by atoms with Crippen molar-refractivity contribution >= 4 is 33.6 Å². The number of likely N-dealkylation sites (tertiary alicyclic amines) is 1. The number of hydrogen-bond acceptors (Lipinski definition) is 2. The number of aryl methyl sites for hydroxylation is 1. The molecular weight excluding hydrogens is 300 g/mol. The van der Waals surface area contributed by atoms with E-state index < -0.39 is 11.9 Å². The summed E-state index contributed by atoms with van der Waals surface area (Å²) in [6.45, 7) is 2.48. The third kappa shape index (κ3) is 2.64. The molecule has 0 bridgehead atoms. The van der Waals surface area contributed by atoms with Crippen LogP contribution in [0.1, 0.15) is 5.56 Å². The molecule has 1 aliphatic rings. The summed E-state index contributed by atoms with van der Waals surface area (Å²) >= 11 is 3.38. The van der Waals surface area contributed by atoms with Crippen molar-refractivity contribution < 1.29 is 14.7 Å². The van der Waals surface area contributed by atoms with Crippen molar-refractivity contribution in [2.45, 2.75) is 6.92 Å². The molecule has 1 aromatic rings. The van der Waals surface area contributed by atoms with Crippen LogP contribution in [0, 0.1) is 12.8 Å². The van der Waals surface area contributed by atoms with E-state index in [-0.39, 0.29) is 19.1 Å².